The topological polar surface area (TPSA) is 59.8 Å². The molecule has 0 aliphatic carbocycles. The van der Waals surface area contributed by atoms with Crippen molar-refractivity contribution in [2.24, 2.45) is 7.05 Å². The van der Waals surface area contributed by atoms with E-state index in [1.165, 1.54) is 11.8 Å². The number of carbonyl (C=O) groups excluding carboxylic acids is 1. The maximum absolute atomic E-state index is 12.1. The molecule has 2 aromatic carbocycles. The van der Waals surface area contributed by atoms with Gasteiger partial charge in [0.2, 0.25) is 5.91 Å². The number of anilines is 1. The second-order valence-electron chi connectivity index (χ2n) is 5.97. The number of aromatic nitrogens is 3. The van der Waals surface area contributed by atoms with E-state index in [1.807, 2.05) is 67.1 Å². The molecule has 0 bridgehead atoms. The Labute approximate surface area is 161 Å². The maximum atomic E-state index is 12.1. The van der Waals surface area contributed by atoms with Crippen LogP contribution in [0, 0.1) is 6.92 Å². The molecule has 0 saturated heterocycles. The minimum Gasteiger partial charge on any atom is -0.325 e. The minimum absolute atomic E-state index is 0.0668. The van der Waals surface area contributed by atoms with Crippen molar-refractivity contribution < 1.29 is 4.79 Å². The summed E-state index contributed by atoms with van der Waals surface area (Å²) in [5, 5.41) is 12.7. The fourth-order valence-corrected chi connectivity index (χ4v) is 3.32. The van der Waals surface area contributed by atoms with Gasteiger partial charge in [-0.2, -0.15) is 0 Å². The minimum atomic E-state index is -0.0668. The third kappa shape index (κ3) is 4.86. The first-order valence-electron chi connectivity index (χ1n) is 8.13. The number of amides is 1. The van der Waals surface area contributed by atoms with Crippen LogP contribution in [0.5, 0.6) is 0 Å². The molecule has 0 aliphatic rings. The molecule has 26 heavy (non-hydrogen) atoms. The Balaban J connectivity index is 1.57. The summed E-state index contributed by atoms with van der Waals surface area (Å²) < 4.78 is 1.92. The van der Waals surface area contributed by atoms with E-state index < -0.39 is 0 Å². The number of hydrogen-bond acceptors (Lipinski definition) is 4. The Morgan fingerprint density at radius 1 is 1.19 bits per heavy atom. The smallest absolute Gasteiger partial charge is 0.234 e. The van der Waals surface area contributed by atoms with Crippen LogP contribution in [0.15, 0.2) is 53.7 Å². The number of thioether (sulfide) groups is 1. The SMILES string of the molecule is Cc1cccc(NC(=O)CSc2nnc(Cc3ccc(Cl)cc3)n2C)c1. The number of benzene rings is 2. The first-order valence-corrected chi connectivity index (χ1v) is 9.49. The molecule has 7 heteroatoms. The zero-order valence-electron chi connectivity index (χ0n) is 14.6. The summed E-state index contributed by atoms with van der Waals surface area (Å²) in [5.74, 6) is 1.05. The molecule has 0 radical (unpaired) electrons. The van der Waals surface area contributed by atoms with Gasteiger partial charge in [-0.1, -0.05) is 47.6 Å². The predicted octanol–water partition coefficient (Wildman–Crippen LogP) is 4.10. The number of hydrogen-bond donors (Lipinski definition) is 1. The van der Waals surface area contributed by atoms with Gasteiger partial charge in [-0.05, 0) is 42.3 Å². The number of nitrogens with zero attached hydrogens (tertiary/aromatic N) is 3. The highest BCUT2D eigenvalue weighted by atomic mass is 35.5. The van der Waals surface area contributed by atoms with E-state index in [9.17, 15) is 4.79 Å². The third-order valence-corrected chi connectivity index (χ3v) is 5.11. The van der Waals surface area contributed by atoms with Crippen molar-refractivity contribution in [2.75, 3.05) is 11.1 Å². The molecular weight excluding hydrogens is 368 g/mol. The summed E-state index contributed by atoms with van der Waals surface area (Å²) in [5.41, 5.74) is 3.02. The normalized spacial score (nSPS) is 10.7. The van der Waals surface area contributed by atoms with E-state index in [-0.39, 0.29) is 11.7 Å². The molecule has 0 aliphatic heterocycles. The highest BCUT2D eigenvalue weighted by Crippen LogP contribution is 2.19. The molecule has 0 saturated carbocycles. The van der Waals surface area contributed by atoms with Gasteiger partial charge in [0.25, 0.3) is 0 Å². The van der Waals surface area contributed by atoms with Crippen LogP contribution >= 0.6 is 23.4 Å². The molecular formula is C19H19ClN4OS. The van der Waals surface area contributed by atoms with Gasteiger partial charge >= 0.3 is 0 Å². The summed E-state index contributed by atoms with van der Waals surface area (Å²) in [6.07, 6.45) is 0.663. The Hall–Kier alpha value is -2.31. The standard InChI is InChI=1S/C19H19ClN4OS/c1-13-4-3-5-16(10-13)21-18(25)12-26-19-23-22-17(24(19)2)11-14-6-8-15(20)9-7-14/h3-10H,11-12H2,1-2H3,(H,21,25). The molecule has 1 N–H and O–H groups in total. The fraction of sp³-hybridized carbons (Fsp3) is 0.211. The molecule has 1 aromatic heterocycles. The molecule has 0 fully saturated rings. The monoisotopic (exact) mass is 386 g/mol. The first kappa shape index (κ1) is 18.5. The lowest BCUT2D eigenvalue weighted by atomic mass is 10.1. The van der Waals surface area contributed by atoms with Gasteiger partial charge in [-0.25, -0.2) is 0 Å². The molecule has 3 rings (SSSR count). The molecule has 3 aromatic rings. The number of carbonyl (C=O) groups is 1. The predicted molar refractivity (Wildman–Crippen MR) is 106 cm³/mol. The maximum Gasteiger partial charge on any atom is 0.234 e. The zero-order valence-corrected chi connectivity index (χ0v) is 16.1. The summed E-state index contributed by atoms with van der Waals surface area (Å²) in [7, 11) is 1.91. The number of nitrogens with one attached hydrogen (secondary N) is 1. The Bertz CT molecular complexity index is 908. The molecule has 0 spiro atoms. The van der Waals surface area contributed by atoms with E-state index in [4.69, 9.17) is 11.6 Å². The summed E-state index contributed by atoms with van der Waals surface area (Å²) in [6, 6.07) is 15.4. The molecule has 5 nitrogen and oxygen atoms in total. The number of halogens is 1. The van der Waals surface area contributed by atoms with Crippen molar-refractivity contribution >= 4 is 35.0 Å². The van der Waals surface area contributed by atoms with Crippen molar-refractivity contribution in [3.05, 3.63) is 70.5 Å². The zero-order chi connectivity index (χ0) is 18.5. The van der Waals surface area contributed by atoms with Gasteiger partial charge in [-0.3, -0.25) is 4.79 Å². The summed E-state index contributed by atoms with van der Waals surface area (Å²) in [6.45, 7) is 1.99. The third-order valence-electron chi connectivity index (χ3n) is 3.83. The fourth-order valence-electron chi connectivity index (χ4n) is 2.46. The van der Waals surface area contributed by atoms with Gasteiger partial charge in [0.1, 0.15) is 5.82 Å². The van der Waals surface area contributed by atoms with E-state index in [1.54, 1.807) is 0 Å². The molecule has 1 heterocycles. The van der Waals surface area contributed by atoms with Crippen LogP contribution in [0.2, 0.25) is 5.02 Å². The van der Waals surface area contributed by atoms with Crippen molar-refractivity contribution in [3.63, 3.8) is 0 Å². The lowest BCUT2D eigenvalue weighted by Gasteiger charge is -2.06. The van der Waals surface area contributed by atoms with Gasteiger partial charge in [0.05, 0.1) is 5.75 Å². The van der Waals surface area contributed by atoms with E-state index >= 15 is 0 Å². The van der Waals surface area contributed by atoms with Crippen LogP contribution in [0.1, 0.15) is 17.0 Å². The first-order chi connectivity index (χ1) is 12.5. The molecule has 0 atom stereocenters. The molecule has 134 valence electrons. The summed E-state index contributed by atoms with van der Waals surface area (Å²) in [4.78, 5) is 12.1. The van der Waals surface area contributed by atoms with Crippen molar-refractivity contribution in [3.8, 4) is 0 Å². The van der Waals surface area contributed by atoms with Crippen molar-refractivity contribution in [2.45, 2.75) is 18.5 Å². The average Bonchev–Trinajstić information content (AvgIpc) is 2.95. The lowest BCUT2D eigenvalue weighted by Crippen LogP contribution is -2.14. The second-order valence-corrected chi connectivity index (χ2v) is 7.35. The highest BCUT2D eigenvalue weighted by Gasteiger charge is 2.12. The van der Waals surface area contributed by atoms with Gasteiger partial charge < -0.3 is 9.88 Å². The van der Waals surface area contributed by atoms with E-state index in [0.29, 0.717) is 16.6 Å². The van der Waals surface area contributed by atoms with E-state index in [2.05, 4.69) is 15.5 Å². The quantitative estimate of drug-likeness (QED) is 0.648. The average molecular weight is 387 g/mol. The number of rotatable bonds is 6. The Kier molecular flexibility index (Phi) is 5.96. The lowest BCUT2D eigenvalue weighted by molar-refractivity contribution is -0.113. The van der Waals surface area contributed by atoms with Crippen LogP contribution in [0.3, 0.4) is 0 Å². The highest BCUT2D eigenvalue weighted by molar-refractivity contribution is 7.99. The second kappa shape index (κ2) is 8.38. The Morgan fingerprint density at radius 2 is 1.96 bits per heavy atom. The number of aryl methyl sites for hydroxylation is 1. The van der Waals surface area contributed by atoms with Gasteiger partial charge in [0.15, 0.2) is 5.16 Å². The molecule has 0 unspecified atom stereocenters. The summed E-state index contributed by atoms with van der Waals surface area (Å²) >= 11 is 7.28. The van der Waals surface area contributed by atoms with Crippen LogP contribution in [0.4, 0.5) is 5.69 Å². The van der Waals surface area contributed by atoms with Crippen molar-refractivity contribution in [1.29, 1.82) is 0 Å². The Morgan fingerprint density at radius 3 is 2.69 bits per heavy atom. The largest absolute Gasteiger partial charge is 0.325 e. The van der Waals surface area contributed by atoms with Crippen LogP contribution in [0.25, 0.3) is 0 Å². The van der Waals surface area contributed by atoms with Crippen molar-refractivity contribution in [1.82, 2.24) is 14.8 Å². The van der Waals surface area contributed by atoms with Crippen LogP contribution in [-0.4, -0.2) is 26.4 Å². The van der Waals surface area contributed by atoms with Crippen LogP contribution in [-0.2, 0) is 18.3 Å². The van der Waals surface area contributed by atoms with Gasteiger partial charge in [-0.15, -0.1) is 10.2 Å². The van der Waals surface area contributed by atoms with Crippen LogP contribution < -0.4 is 5.32 Å². The van der Waals surface area contributed by atoms with Gasteiger partial charge in [0, 0.05) is 24.2 Å². The molecule has 1 amide bonds. The van der Waals surface area contributed by atoms with E-state index in [0.717, 1.165) is 22.6 Å².